The number of anilines is 1. The van der Waals surface area contributed by atoms with Gasteiger partial charge >= 0.3 is 0 Å². The highest BCUT2D eigenvalue weighted by Gasteiger charge is 2.17. The number of aromatic nitrogens is 2. The summed E-state index contributed by atoms with van der Waals surface area (Å²) in [5, 5.41) is 14.7. The number of ether oxygens (including phenoxy) is 1. The molecule has 0 bridgehead atoms. The van der Waals surface area contributed by atoms with Crippen LogP contribution in [-0.4, -0.2) is 27.6 Å². The molecular formula is C17H13N3O3S. The van der Waals surface area contributed by atoms with Crippen molar-refractivity contribution in [3.63, 3.8) is 0 Å². The van der Waals surface area contributed by atoms with Gasteiger partial charge in [-0.1, -0.05) is 0 Å². The van der Waals surface area contributed by atoms with E-state index in [0.717, 1.165) is 28.3 Å². The van der Waals surface area contributed by atoms with Crippen molar-refractivity contribution in [2.24, 2.45) is 0 Å². The zero-order valence-electron chi connectivity index (χ0n) is 12.5. The number of thiazole rings is 1. The smallest absolute Gasteiger partial charge is 0.276 e. The van der Waals surface area contributed by atoms with Crippen molar-refractivity contribution >= 4 is 23.1 Å². The highest BCUT2D eigenvalue weighted by atomic mass is 32.1. The number of hydrogen-bond acceptors (Lipinski definition) is 6. The molecule has 0 saturated carbocycles. The molecule has 0 unspecified atom stereocenters. The van der Waals surface area contributed by atoms with Crippen molar-refractivity contribution in [3.05, 3.63) is 53.2 Å². The van der Waals surface area contributed by atoms with Gasteiger partial charge in [0.2, 0.25) is 0 Å². The van der Waals surface area contributed by atoms with E-state index < -0.39 is 5.91 Å². The van der Waals surface area contributed by atoms with Crippen molar-refractivity contribution < 1.29 is 14.6 Å². The number of hydrogen-bond donors (Lipinski definition) is 2. The molecule has 4 rings (SSSR count). The average molecular weight is 339 g/mol. The van der Waals surface area contributed by atoms with E-state index in [9.17, 15) is 9.90 Å². The third kappa shape index (κ3) is 2.69. The molecule has 24 heavy (non-hydrogen) atoms. The fourth-order valence-corrected chi connectivity index (χ4v) is 3.29. The number of nitrogens with zero attached hydrogens (tertiary/aromatic N) is 2. The van der Waals surface area contributed by atoms with Gasteiger partial charge in [-0.25, -0.2) is 9.97 Å². The monoisotopic (exact) mass is 339 g/mol. The van der Waals surface area contributed by atoms with Crippen LogP contribution < -0.4 is 10.1 Å². The second-order valence-electron chi connectivity index (χ2n) is 5.28. The van der Waals surface area contributed by atoms with Crippen LogP contribution in [0.2, 0.25) is 0 Å². The van der Waals surface area contributed by atoms with Gasteiger partial charge in [0.05, 0.1) is 6.61 Å². The van der Waals surface area contributed by atoms with Crippen LogP contribution in [0.3, 0.4) is 0 Å². The molecule has 0 saturated heterocycles. The first-order valence-electron chi connectivity index (χ1n) is 7.37. The van der Waals surface area contributed by atoms with Crippen LogP contribution in [-0.2, 0) is 6.42 Å². The summed E-state index contributed by atoms with van der Waals surface area (Å²) in [6.07, 6.45) is 2.38. The lowest BCUT2D eigenvalue weighted by molar-refractivity contribution is 0.102. The lowest BCUT2D eigenvalue weighted by atomic mass is 10.1. The number of pyridine rings is 1. The maximum atomic E-state index is 12.3. The Labute approximate surface area is 141 Å². The third-order valence-electron chi connectivity index (χ3n) is 3.69. The van der Waals surface area contributed by atoms with Gasteiger partial charge in [-0.3, -0.25) is 4.79 Å². The molecule has 120 valence electrons. The van der Waals surface area contributed by atoms with E-state index in [1.54, 1.807) is 11.4 Å². The van der Waals surface area contributed by atoms with Gasteiger partial charge in [-0.2, -0.15) is 0 Å². The highest BCUT2D eigenvalue weighted by Crippen LogP contribution is 2.32. The Kier molecular flexibility index (Phi) is 3.62. The van der Waals surface area contributed by atoms with Gasteiger partial charge in [0.1, 0.15) is 16.5 Å². The molecule has 1 aliphatic heterocycles. The predicted molar refractivity (Wildman–Crippen MR) is 90.6 cm³/mol. The van der Waals surface area contributed by atoms with Gasteiger partial charge in [0.15, 0.2) is 11.6 Å². The van der Waals surface area contributed by atoms with E-state index in [0.29, 0.717) is 6.61 Å². The number of fused-ring (bicyclic) bond motifs is 1. The molecule has 0 atom stereocenters. The standard InChI is InChI=1S/C17H13N3O3S/c21-13-2-1-6-18-15(13)20-16(22)12-9-24-17(19-12)11-3-4-14-10(8-11)5-7-23-14/h1-4,6,8-9,21H,5,7H2,(H,18,20,22). The van der Waals surface area contributed by atoms with Gasteiger partial charge < -0.3 is 15.2 Å². The molecule has 3 aromatic rings. The molecule has 1 aromatic carbocycles. The minimum atomic E-state index is -0.406. The molecule has 2 N–H and O–H groups in total. The lowest BCUT2D eigenvalue weighted by Gasteiger charge is -2.03. The van der Waals surface area contributed by atoms with E-state index >= 15 is 0 Å². The Morgan fingerprint density at radius 1 is 1.33 bits per heavy atom. The molecule has 6 nitrogen and oxygen atoms in total. The SMILES string of the molecule is O=C(Nc1ncccc1O)c1csc(-c2ccc3c(c2)CCO3)n1. The molecule has 0 fully saturated rings. The fourth-order valence-electron chi connectivity index (χ4n) is 2.49. The first kappa shape index (κ1) is 14.6. The van der Waals surface area contributed by atoms with Crippen molar-refractivity contribution in [2.75, 3.05) is 11.9 Å². The minimum Gasteiger partial charge on any atom is -0.504 e. The van der Waals surface area contributed by atoms with Crippen molar-refractivity contribution in [1.82, 2.24) is 9.97 Å². The van der Waals surface area contributed by atoms with Gasteiger partial charge in [-0.15, -0.1) is 11.3 Å². The Bertz CT molecular complexity index is 923. The number of amides is 1. The van der Waals surface area contributed by atoms with E-state index in [1.807, 2.05) is 18.2 Å². The van der Waals surface area contributed by atoms with Crippen LogP contribution in [0.5, 0.6) is 11.5 Å². The molecule has 3 heterocycles. The zero-order valence-corrected chi connectivity index (χ0v) is 13.3. The van der Waals surface area contributed by atoms with Crippen molar-refractivity contribution in [2.45, 2.75) is 6.42 Å². The molecule has 0 spiro atoms. The summed E-state index contributed by atoms with van der Waals surface area (Å²) in [6, 6.07) is 8.97. The number of carbonyl (C=O) groups excluding carboxylic acids is 1. The first-order valence-corrected chi connectivity index (χ1v) is 8.25. The van der Waals surface area contributed by atoms with E-state index in [2.05, 4.69) is 15.3 Å². The fraction of sp³-hybridized carbons (Fsp3) is 0.118. The topological polar surface area (TPSA) is 84.3 Å². The summed E-state index contributed by atoms with van der Waals surface area (Å²) in [4.78, 5) is 20.6. The van der Waals surface area contributed by atoms with Gasteiger partial charge in [0, 0.05) is 23.6 Å². The van der Waals surface area contributed by atoms with Gasteiger partial charge in [-0.05, 0) is 35.9 Å². The highest BCUT2D eigenvalue weighted by molar-refractivity contribution is 7.13. The summed E-state index contributed by atoms with van der Waals surface area (Å²) in [5.74, 6) is 0.543. The molecule has 7 heteroatoms. The number of nitrogens with one attached hydrogen (secondary N) is 1. The van der Waals surface area contributed by atoms with E-state index in [4.69, 9.17) is 4.74 Å². The van der Waals surface area contributed by atoms with Crippen LogP contribution in [0.1, 0.15) is 16.1 Å². The first-order chi connectivity index (χ1) is 11.7. The summed E-state index contributed by atoms with van der Waals surface area (Å²) in [5.41, 5.74) is 2.41. The van der Waals surface area contributed by atoms with Crippen molar-refractivity contribution in [1.29, 1.82) is 0 Å². The quantitative estimate of drug-likeness (QED) is 0.766. The summed E-state index contributed by atoms with van der Waals surface area (Å²) >= 11 is 1.40. The maximum absolute atomic E-state index is 12.3. The van der Waals surface area contributed by atoms with Crippen LogP contribution in [0, 0.1) is 0 Å². The number of benzene rings is 1. The lowest BCUT2D eigenvalue weighted by Crippen LogP contribution is -2.13. The molecule has 0 aliphatic carbocycles. The molecular weight excluding hydrogens is 326 g/mol. The third-order valence-corrected chi connectivity index (χ3v) is 4.58. The Morgan fingerprint density at radius 2 is 2.25 bits per heavy atom. The summed E-state index contributed by atoms with van der Waals surface area (Å²) in [7, 11) is 0. The minimum absolute atomic E-state index is 0.0834. The van der Waals surface area contributed by atoms with E-state index in [-0.39, 0.29) is 17.3 Å². The number of rotatable bonds is 3. The predicted octanol–water partition coefficient (Wildman–Crippen LogP) is 3.10. The summed E-state index contributed by atoms with van der Waals surface area (Å²) < 4.78 is 5.50. The second kappa shape index (κ2) is 5.93. The Hall–Kier alpha value is -2.93. The molecule has 0 radical (unpaired) electrons. The molecule has 2 aromatic heterocycles. The average Bonchev–Trinajstić information content (AvgIpc) is 3.25. The molecule has 1 amide bonds. The van der Waals surface area contributed by atoms with Crippen molar-refractivity contribution in [3.8, 4) is 22.1 Å². The molecule has 1 aliphatic rings. The normalized spacial score (nSPS) is 12.5. The van der Waals surface area contributed by atoms with Gasteiger partial charge in [0.25, 0.3) is 5.91 Å². The number of carbonyl (C=O) groups is 1. The largest absolute Gasteiger partial charge is 0.504 e. The maximum Gasteiger partial charge on any atom is 0.276 e. The van der Waals surface area contributed by atoms with Crippen LogP contribution in [0.25, 0.3) is 10.6 Å². The van der Waals surface area contributed by atoms with Crippen LogP contribution >= 0.6 is 11.3 Å². The van der Waals surface area contributed by atoms with Crippen LogP contribution in [0.15, 0.2) is 41.9 Å². The Balaban J connectivity index is 1.56. The Morgan fingerprint density at radius 3 is 3.12 bits per heavy atom. The van der Waals surface area contributed by atoms with E-state index in [1.165, 1.54) is 23.6 Å². The summed E-state index contributed by atoms with van der Waals surface area (Å²) in [6.45, 7) is 0.706. The zero-order chi connectivity index (χ0) is 16.5. The van der Waals surface area contributed by atoms with Crippen LogP contribution in [0.4, 0.5) is 5.82 Å². The number of aromatic hydroxyl groups is 1. The second-order valence-corrected chi connectivity index (χ2v) is 6.14.